The number of nitrogen functional groups attached to an aromatic ring is 1. The Kier molecular flexibility index (Phi) is 3.51. The summed E-state index contributed by atoms with van der Waals surface area (Å²) < 4.78 is 10.7. The van der Waals surface area contributed by atoms with E-state index in [2.05, 4.69) is 18.8 Å². The lowest BCUT2D eigenvalue weighted by molar-refractivity contribution is 0.397. The summed E-state index contributed by atoms with van der Waals surface area (Å²) in [7, 11) is 3.25. The second-order valence-electron chi connectivity index (χ2n) is 4.91. The second-order valence-corrected chi connectivity index (χ2v) is 4.91. The van der Waals surface area contributed by atoms with Crippen LogP contribution in [0.5, 0.6) is 11.5 Å². The number of nitrogens with two attached hydrogens (primary N) is 1. The molecule has 2 rings (SSSR count). The molecule has 0 saturated carbocycles. The third kappa shape index (κ3) is 2.18. The summed E-state index contributed by atoms with van der Waals surface area (Å²) in [4.78, 5) is 4.64. The topological polar surface area (TPSA) is 57.4 Å². The van der Waals surface area contributed by atoms with Crippen LogP contribution in [0.15, 0.2) is 12.1 Å². The lowest BCUT2D eigenvalue weighted by atomic mass is 9.97. The van der Waals surface area contributed by atoms with Gasteiger partial charge in [-0.15, -0.1) is 0 Å². The summed E-state index contributed by atoms with van der Waals surface area (Å²) in [6.45, 7) is 6.21. The molecule has 1 heterocycles. The Morgan fingerprint density at radius 3 is 2.37 bits per heavy atom. The van der Waals surface area contributed by atoms with Gasteiger partial charge in [0.2, 0.25) is 0 Å². The maximum absolute atomic E-state index is 6.32. The molecular formula is C15H20N2O2. The predicted octanol–water partition coefficient (Wildman–Crippen LogP) is 3.27. The van der Waals surface area contributed by atoms with Crippen molar-refractivity contribution in [2.75, 3.05) is 20.0 Å². The zero-order valence-electron chi connectivity index (χ0n) is 12.1. The standard InChI is InChI=1S/C15H20N2O2/c1-8(2)13-9(3)17-15-11(14(13)16)6-10(18-4)7-12(15)19-5/h6-8H,1-5H3,(H2,16,17). The van der Waals surface area contributed by atoms with Gasteiger partial charge >= 0.3 is 0 Å². The Hall–Kier alpha value is -1.97. The van der Waals surface area contributed by atoms with E-state index in [-0.39, 0.29) is 0 Å². The fourth-order valence-corrected chi connectivity index (χ4v) is 2.47. The maximum atomic E-state index is 6.32. The molecule has 19 heavy (non-hydrogen) atoms. The fourth-order valence-electron chi connectivity index (χ4n) is 2.47. The van der Waals surface area contributed by atoms with E-state index in [1.54, 1.807) is 14.2 Å². The normalized spacial score (nSPS) is 11.1. The van der Waals surface area contributed by atoms with Crippen molar-refractivity contribution in [3.63, 3.8) is 0 Å². The Morgan fingerprint density at radius 2 is 1.84 bits per heavy atom. The van der Waals surface area contributed by atoms with Crippen molar-refractivity contribution in [3.8, 4) is 11.5 Å². The molecule has 2 aromatic rings. The summed E-state index contributed by atoms with van der Waals surface area (Å²) in [6, 6.07) is 3.73. The minimum absolute atomic E-state index is 0.328. The average molecular weight is 260 g/mol. The number of hydrogen-bond acceptors (Lipinski definition) is 4. The van der Waals surface area contributed by atoms with Crippen molar-refractivity contribution in [1.82, 2.24) is 4.98 Å². The van der Waals surface area contributed by atoms with Gasteiger partial charge in [-0.05, 0) is 24.5 Å². The fraction of sp³-hybridized carbons (Fsp3) is 0.400. The molecule has 0 aliphatic heterocycles. The molecule has 0 aliphatic rings. The number of ether oxygens (including phenoxy) is 2. The predicted molar refractivity (Wildman–Crippen MR) is 78.1 cm³/mol. The maximum Gasteiger partial charge on any atom is 0.148 e. The van der Waals surface area contributed by atoms with Crippen LogP contribution in [0.4, 0.5) is 5.69 Å². The Labute approximate surface area is 113 Å². The molecule has 0 atom stereocenters. The number of methoxy groups -OCH3 is 2. The van der Waals surface area contributed by atoms with Crippen molar-refractivity contribution >= 4 is 16.6 Å². The van der Waals surface area contributed by atoms with Crippen molar-refractivity contribution in [2.45, 2.75) is 26.7 Å². The van der Waals surface area contributed by atoms with Gasteiger partial charge < -0.3 is 15.2 Å². The van der Waals surface area contributed by atoms with E-state index >= 15 is 0 Å². The Morgan fingerprint density at radius 1 is 1.16 bits per heavy atom. The van der Waals surface area contributed by atoms with Gasteiger partial charge in [-0.1, -0.05) is 13.8 Å². The molecule has 1 aromatic heterocycles. The minimum Gasteiger partial charge on any atom is -0.497 e. The second kappa shape index (κ2) is 4.96. The number of anilines is 1. The van der Waals surface area contributed by atoms with Gasteiger partial charge in [0.15, 0.2) is 0 Å². The molecule has 0 spiro atoms. The molecule has 102 valence electrons. The minimum atomic E-state index is 0.328. The van der Waals surface area contributed by atoms with E-state index in [9.17, 15) is 0 Å². The molecule has 0 unspecified atom stereocenters. The first kappa shape index (κ1) is 13.5. The van der Waals surface area contributed by atoms with Crippen LogP contribution in [0.25, 0.3) is 10.9 Å². The molecule has 4 heteroatoms. The van der Waals surface area contributed by atoms with Crippen LogP contribution in [0.1, 0.15) is 31.0 Å². The van der Waals surface area contributed by atoms with E-state index in [4.69, 9.17) is 15.2 Å². The van der Waals surface area contributed by atoms with Gasteiger partial charge in [-0.3, -0.25) is 0 Å². The lowest BCUT2D eigenvalue weighted by Crippen LogP contribution is -2.04. The first-order valence-electron chi connectivity index (χ1n) is 6.31. The highest BCUT2D eigenvalue weighted by molar-refractivity contribution is 5.97. The van der Waals surface area contributed by atoms with E-state index in [1.807, 2.05) is 19.1 Å². The van der Waals surface area contributed by atoms with Crippen LogP contribution in [-0.2, 0) is 0 Å². The highest BCUT2D eigenvalue weighted by Crippen LogP contribution is 2.37. The first-order chi connectivity index (χ1) is 8.99. The smallest absolute Gasteiger partial charge is 0.148 e. The van der Waals surface area contributed by atoms with Crippen LogP contribution >= 0.6 is 0 Å². The molecule has 0 bridgehead atoms. The van der Waals surface area contributed by atoms with E-state index in [1.165, 1.54) is 0 Å². The van der Waals surface area contributed by atoms with E-state index in [0.29, 0.717) is 11.7 Å². The van der Waals surface area contributed by atoms with Crippen LogP contribution in [0, 0.1) is 6.92 Å². The lowest BCUT2D eigenvalue weighted by Gasteiger charge is -2.17. The number of fused-ring (bicyclic) bond motifs is 1. The highest BCUT2D eigenvalue weighted by atomic mass is 16.5. The van der Waals surface area contributed by atoms with E-state index in [0.717, 1.165) is 33.6 Å². The zero-order chi connectivity index (χ0) is 14.2. The number of nitrogens with zero attached hydrogens (tertiary/aromatic N) is 1. The van der Waals surface area contributed by atoms with Crippen LogP contribution in [0.3, 0.4) is 0 Å². The monoisotopic (exact) mass is 260 g/mol. The average Bonchev–Trinajstić information content (AvgIpc) is 2.37. The van der Waals surface area contributed by atoms with Gasteiger partial charge in [0, 0.05) is 22.8 Å². The molecule has 0 amide bonds. The summed E-state index contributed by atoms with van der Waals surface area (Å²) in [6.07, 6.45) is 0. The van der Waals surface area contributed by atoms with Crippen molar-refractivity contribution in [2.24, 2.45) is 0 Å². The van der Waals surface area contributed by atoms with E-state index < -0.39 is 0 Å². The molecule has 1 aromatic carbocycles. The first-order valence-corrected chi connectivity index (χ1v) is 6.31. The van der Waals surface area contributed by atoms with Crippen LogP contribution in [-0.4, -0.2) is 19.2 Å². The zero-order valence-corrected chi connectivity index (χ0v) is 12.1. The number of rotatable bonds is 3. The quantitative estimate of drug-likeness (QED) is 0.920. The number of benzene rings is 1. The van der Waals surface area contributed by atoms with Crippen molar-refractivity contribution in [3.05, 3.63) is 23.4 Å². The highest BCUT2D eigenvalue weighted by Gasteiger charge is 2.16. The number of aromatic nitrogens is 1. The van der Waals surface area contributed by atoms with Crippen LogP contribution < -0.4 is 15.2 Å². The summed E-state index contributed by atoms with van der Waals surface area (Å²) in [5.74, 6) is 1.73. The molecule has 2 N–H and O–H groups in total. The number of aryl methyl sites for hydroxylation is 1. The third-order valence-corrected chi connectivity index (χ3v) is 3.33. The largest absolute Gasteiger partial charge is 0.497 e. The summed E-state index contributed by atoms with van der Waals surface area (Å²) >= 11 is 0. The van der Waals surface area contributed by atoms with Crippen molar-refractivity contribution < 1.29 is 9.47 Å². The van der Waals surface area contributed by atoms with Crippen LogP contribution in [0.2, 0.25) is 0 Å². The third-order valence-electron chi connectivity index (χ3n) is 3.33. The van der Waals surface area contributed by atoms with Gasteiger partial charge in [-0.25, -0.2) is 4.98 Å². The summed E-state index contributed by atoms with van der Waals surface area (Å²) in [5.41, 5.74) is 9.89. The molecule has 0 saturated heterocycles. The van der Waals surface area contributed by atoms with Gasteiger partial charge in [0.25, 0.3) is 0 Å². The molecule has 0 radical (unpaired) electrons. The molecule has 0 aliphatic carbocycles. The molecular weight excluding hydrogens is 240 g/mol. The van der Waals surface area contributed by atoms with Gasteiger partial charge in [0.05, 0.1) is 14.2 Å². The van der Waals surface area contributed by atoms with Gasteiger partial charge in [-0.2, -0.15) is 0 Å². The molecule has 4 nitrogen and oxygen atoms in total. The van der Waals surface area contributed by atoms with Gasteiger partial charge in [0.1, 0.15) is 17.0 Å². The SMILES string of the molecule is COc1cc(OC)c2nc(C)c(C(C)C)c(N)c2c1. The number of pyridine rings is 1. The molecule has 0 fully saturated rings. The Bertz CT molecular complexity index is 621. The summed E-state index contributed by atoms with van der Waals surface area (Å²) in [5, 5.41) is 0.880. The Balaban J connectivity index is 2.88. The number of hydrogen-bond donors (Lipinski definition) is 1. The van der Waals surface area contributed by atoms with Crippen molar-refractivity contribution in [1.29, 1.82) is 0 Å².